The van der Waals surface area contributed by atoms with Crippen LogP contribution in [0.2, 0.25) is 0 Å². The Bertz CT molecular complexity index is 694. The number of nitrogens with zero attached hydrogens (tertiary/aromatic N) is 8. The Hall–Kier alpha value is -4.50. The molecule has 0 spiro atoms. The molecule has 2 aromatic rings. The third-order valence-corrected chi connectivity index (χ3v) is 2.13. The lowest BCUT2D eigenvalue weighted by molar-refractivity contribution is -0.392. The molecule has 0 amide bonds. The summed E-state index contributed by atoms with van der Waals surface area (Å²) >= 11 is 0. The van der Waals surface area contributed by atoms with Gasteiger partial charge in [0.2, 0.25) is 11.6 Å². The average molecular weight is 398 g/mol. The molecular weight excluding hydrogens is 384 g/mol. The summed E-state index contributed by atoms with van der Waals surface area (Å²) < 4.78 is 0. The molecule has 14 N–H and O–H groups in total. The zero-order valence-electron chi connectivity index (χ0n) is 13.5. The van der Waals surface area contributed by atoms with Crippen molar-refractivity contribution in [3.8, 4) is 0 Å². The molecule has 2 aromatic heterocycles. The summed E-state index contributed by atoms with van der Waals surface area (Å²) in [5.41, 5.74) is 8.75. The van der Waals surface area contributed by atoms with E-state index in [4.69, 9.17) is 11.5 Å². The SMILES string of the molecule is Nc1c([N+](=O)[O-])n[n-]c1[N+](=O)[O-].Nc1c([N+](=O)[O-])n[n-]c1[N+](=O)[O-].O.[NH4+].[NH4+]. The van der Waals surface area contributed by atoms with Gasteiger partial charge < -0.3 is 69.7 Å². The number of hydrogen-bond donors (Lipinski definition) is 4. The molecule has 2 rings (SSSR count). The van der Waals surface area contributed by atoms with E-state index in [-0.39, 0.29) is 17.8 Å². The van der Waals surface area contributed by atoms with Gasteiger partial charge in [0.1, 0.15) is 0 Å². The molecule has 0 saturated carbocycles. The third kappa shape index (κ3) is 5.81. The van der Waals surface area contributed by atoms with Gasteiger partial charge in [-0.25, -0.2) is 0 Å². The average Bonchev–Trinajstić information content (AvgIpc) is 3.02. The Morgan fingerprint density at radius 3 is 1.04 bits per heavy atom. The van der Waals surface area contributed by atoms with Crippen molar-refractivity contribution >= 4 is 34.6 Å². The fraction of sp³-hybridized carbons (Fsp3) is 0. The third-order valence-electron chi connectivity index (χ3n) is 2.13. The summed E-state index contributed by atoms with van der Waals surface area (Å²) in [5, 5.41) is 51.9. The van der Waals surface area contributed by atoms with E-state index in [0.29, 0.717) is 0 Å². The highest BCUT2D eigenvalue weighted by Gasteiger charge is 2.23. The number of nitrogen functional groups attached to an aromatic ring is 2. The fourth-order valence-corrected chi connectivity index (χ4v) is 1.14. The Kier molecular flexibility index (Phi) is 10.5. The normalized spacial score (nSPS) is 8.59. The topological polar surface area (TPSA) is 383 Å². The zero-order chi connectivity index (χ0) is 18.6. The van der Waals surface area contributed by atoms with E-state index < -0.39 is 54.3 Å². The van der Waals surface area contributed by atoms with Gasteiger partial charge >= 0.3 is 11.6 Å². The molecule has 0 unspecified atom stereocenters. The van der Waals surface area contributed by atoms with Gasteiger partial charge in [-0.1, -0.05) is 0 Å². The van der Waals surface area contributed by atoms with Gasteiger partial charge in [0.15, 0.2) is 11.4 Å². The minimum atomic E-state index is -0.935. The quantitative estimate of drug-likeness (QED) is 0.347. The number of hydrogen-bond acceptors (Lipinski definition) is 12. The van der Waals surface area contributed by atoms with E-state index in [1.54, 1.807) is 0 Å². The van der Waals surface area contributed by atoms with Gasteiger partial charge in [-0.3, -0.25) is 0 Å². The molecule has 2 heterocycles. The summed E-state index contributed by atoms with van der Waals surface area (Å²) in [6.07, 6.45) is 0. The van der Waals surface area contributed by atoms with Crippen LogP contribution in [-0.2, 0) is 0 Å². The van der Waals surface area contributed by atoms with E-state index >= 15 is 0 Å². The van der Waals surface area contributed by atoms with Crippen LogP contribution in [0.15, 0.2) is 0 Å². The molecule has 21 nitrogen and oxygen atoms in total. The van der Waals surface area contributed by atoms with Crippen molar-refractivity contribution in [3.63, 3.8) is 0 Å². The molecule has 152 valence electrons. The molecule has 0 aromatic carbocycles. The minimum absolute atomic E-state index is 0. The first-order valence-corrected chi connectivity index (χ1v) is 5.23. The summed E-state index contributed by atoms with van der Waals surface area (Å²) in [4.78, 5) is 36.5. The first kappa shape index (κ1) is 27.4. The maximum Gasteiger partial charge on any atom is 0.417 e. The molecule has 0 bridgehead atoms. The number of rotatable bonds is 4. The van der Waals surface area contributed by atoms with Gasteiger partial charge in [-0.15, -0.1) is 0 Å². The van der Waals surface area contributed by atoms with Crippen LogP contribution in [-0.4, -0.2) is 35.4 Å². The predicted octanol–water partition coefficient (Wildman–Crippen LogP) is -1.20. The first-order valence-electron chi connectivity index (χ1n) is 5.23. The van der Waals surface area contributed by atoms with Gasteiger partial charge in [0, 0.05) is 0 Å². The number of aromatic nitrogens is 4. The smallest absolute Gasteiger partial charge is 0.417 e. The first-order chi connectivity index (χ1) is 11.1. The highest BCUT2D eigenvalue weighted by Crippen LogP contribution is 2.26. The molecule has 0 aliphatic heterocycles. The van der Waals surface area contributed by atoms with Crippen molar-refractivity contribution in [2.75, 3.05) is 11.5 Å². The summed E-state index contributed by atoms with van der Waals surface area (Å²) in [7, 11) is 0. The van der Waals surface area contributed by atoms with Crippen LogP contribution in [0.25, 0.3) is 0 Å². The van der Waals surface area contributed by atoms with Gasteiger partial charge in [-0.05, 0) is 20.0 Å². The van der Waals surface area contributed by atoms with E-state index in [2.05, 4.69) is 20.4 Å². The molecule has 0 fully saturated rings. The van der Waals surface area contributed by atoms with Crippen molar-refractivity contribution < 1.29 is 25.2 Å². The Balaban J connectivity index is -0.000000384. The molecule has 27 heavy (non-hydrogen) atoms. The van der Waals surface area contributed by atoms with Crippen molar-refractivity contribution in [1.82, 2.24) is 32.7 Å². The van der Waals surface area contributed by atoms with E-state index in [0.717, 1.165) is 0 Å². The van der Waals surface area contributed by atoms with Crippen molar-refractivity contribution in [1.29, 1.82) is 0 Å². The molecule has 0 radical (unpaired) electrons. The monoisotopic (exact) mass is 398 g/mol. The molecule has 0 atom stereocenters. The van der Waals surface area contributed by atoms with Gasteiger partial charge in [-0.2, -0.15) is 9.85 Å². The predicted molar refractivity (Wildman–Crippen MR) is 86.1 cm³/mol. The summed E-state index contributed by atoms with van der Waals surface area (Å²) in [6.45, 7) is 0. The van der Waals surface area contributed by atoms with Crippen LogP contribution in [0, 0.1) is 40.5 Å². The lowest BCUT2D eigenvalue weighted by Gasteiger charge is -1.98. The largest absolute Gasteiger partial charge is 0.459 e. The zero-order valence-corrected chi connectivity index (χ0v) is 13.5. The molecule has 0 aliphatic carbocycles. The lowest BCUT2D eigenvalue weighted by Crippen LogP contribution is -1.96. The molecule has 21 heteroatoms. The van der Waals surface area contributed by atoms with E-state index in [1.165, 1.54) is 0 Å². The molecular formula is C6H14N12O9. The van der Waals surface area contributed by atoms with Crippen LogP contribution < -0.4 is 34.0 Å². The van der Waals surface area contributed by atoms with Crippen LogP contribution in [0.3, 0.4) is 0 Å². The summed E-state index contributed by atoms with van der Waals surface area (Å²) in [6, 6.07) is 0. The highest BCUT2D eigenvalue weighted by molar-refractivity contribution is 5.64. The number of nitro groups is 4. The highest BCUT2D eigenvalue weighted by atomic mass is 16.6. The van der Waals surface area contributed by atoms with Gasteiger partial charge in [0.05, 0.1) is 10.2 Å². The Labute approximate surface area is 145 Å². The standard InChI is InChI=1S/2C3H2N5O4.2H3N.H2O/c2*4-1-2(7(9)10)5-6-3(1)8(11)12;;;/h2*4H2;2*1H3;1H2/q2*-1;;;/p+2. The van der Waals surface area contributed by atoms with E-state index in [9.17, 15) is 40.5 Å². The maximum absolute atomic E-state index is 10.1. The minimum Gasteiger partial charge on any atom is -0.459 e. The van der Waals surface area contributed by atoms with Crippen molar-refractivity contribution in [3.05, 3.63) is 40.5 Å². The Morgan fingerprint density at radius 1 is 0.667 bits per heavy atom. The Morgan fingerprint density at radius 2 is 0.926 bits per heavy atom. The molecule has 0 saturated heterocycles. The molecule has 0 aliphatic rings. The van der Waals surface area contributed by atoms with Crippen molar-refractivity contribution in [2.45, 2.75) is 0 Å². The fourth-order valence-electron chi connectivity index (χ4n) is 1.14. The second-order valence-corrected chi connectivity index (χ2v) is 3.55. The second kappa shape index (κ2) is 10.4. The van der Waals surface area contributed by atoms with Crippen LogP contribution in [0.4, 0.5) is 34.6 Å². The van der Waals surface area contributed by atoms with Crippen LogP contribution >= 0.6 is 0 Å². The van der Waals surface area contributed by atoms with Crippen molar-refractivity contribution in [2.24, 2.45) is 0 Å². The second-order valence-electron chi connectivity index (χ2n) is 3.55. The number of nitrogens with two attached hydrogens (primary N) is 2. The summed E-state index contributed by atoms with van der Waals surface area (Å²) in [5.74, 6) is -3.16. The van der Waals surface area contributed by atoms with Crippen LogP contribution in [0.5, 0.6) is 0 Å². The number of anilines is 2. The van der Waals surface area contributed by atoms with Crippen LogP contribution in [0.1, 0.15) is 0 Å². The maximum atomic E-state index is 10.1. The number of quaternary nitrogens is 2. The van der Waals surface area contributed by atoms with E-state index in [1.807, 2.05) is 0 Å². The van der Waals surface area contributed by atoms with Gasteiger partial charge in [0.25, 0.3) is 0 Å². The lowest BCUT2D eigenvalue weighted by atomic mass is 10.5.